The largest absolute Gasteiger partial charge is 0.494 e. The third-order valence-corrected chi connectivity index (χ3v) is 1.77. The lowest BCUT2D eigenvalue weighted by Crippen LogP contribution is -1.97. The number of hydrogen-bond acceptors (Lipinski definition) is 4. The topological polar surface area (TPSA) is 44.8 Å². The molecule has 0 aliphatic rings. The van der Waals surface area contributed by atoms with Crippen LogP contribution in [0.5, 0.6) is 5.75 Å². The van der Waals surface area contributed by atoms with Crippen LogP contribution in [0.15, 0.2) is 30.3 Å². The number of rotatable bonds is 5. The highest BCUT2D eigenvalue weighted by Gasteiger charge is 1.96. The standard InChI is InChI=1S/C12H14O4/c1-3-15-11-7-4-10(5-8-11)6-9-12(13)16-14-2/h4-9H,3H2,1-2H3. The van der Waals surface area contributed by atoms with Crippen molar-refractivity contribution >= 4 is 12.0 Å². The lowest BCUT2D eigenvalue weighted by molar-refractivity contribution is -0.249. The second-order valence-electron chi connectivity index (χ2n) is 2.90. The summed E-state index contributed by atoms with van der Waals surface area (Å²) in [5.41, 5.74) is 0.886. The van der Waals surface area contributed by atoms with Crippen molar-refractivity contribution < 1.29 is 19.3 Å². The summed E-state index contributed by atoms with van der Waals surface area (Å²) < 4.78 is 5.29. The zero-order chi connectivity index (χ0) is 11.8. The quantitative estimate of drug-likeness (QED) is 0.435. The van der Waals surface area contributed by atoms with Crippen molar-refractivity contribution in [3.8, 4) is 5.75 Å². The second kappa shape index (κ2) is 6.63. The lowest BCUT2D eigenvalue weighted by atomic mass is 10.2. The fourth-order valence-corrected chi connectivity index (χ4v) is 1.12. The van der Waals surface area contributed by atoms with Gasteiger partial charge >= 0.3 is 5.97 Å². The Kier molecular flexibility index (Phi) is 5.08. The lowest BCUT2D eigenvalue weighted by Gasteiger charge is -2.02. The van der Waals surface area contributed by atoms with Gasteiger partial charge < -0.3 is 4.74 Å². The molecule has 0 unspecified atom stereocenters. The predicted octanol–water partition coefficient (Wildman–Crippen LogP) is 2.20. The Balaban J connectivity index is 2.57. The van der Waals surface area contributed by atoms with E-state index in [-0.39, 0.29) is 0 Å². The molecule has 0 atom stereocenters. The molecule has 0 saturated heterocycles. The number of ether oxygens (including phenoxy) is 1. The minimum Gasteiger partial charge on any atom is -0.494 e. The molecule has 1 aromatic carbocycles. The van der Waals surface area contributed by atoms with Gasteiger partial charge in [0.05, 0.1) is 13.7 Å². The summed E-state index contributed by atoms with van der Waals surface area (Å²) in [5, 5.41) is 0. The van der Waals surface area contributed by atoms with Gasteiger partial charge in [-0.05, 0) is 30.7 Å². The minimum atomic E-state index is -0.545. The molecule has 0 radical (unpaired) electrons. The van der Waals surface area contributed by atoms with E-state index in [0.717, 1.165) is 11.3 Å². The maximum Gasteiger partial charge on any atom is 0.365 e. The van der Waals surface area contributed by atoms with Crippen molar-refractivity contribution in [2.24, 2.45) is 0 Å². The molecular weight excluding hydrogens is 208 g/mol. The summed E-state index contributed by atoms with van der Waals surface area (Å²) >= 11 is 0. The molecule has 0 aliphatic carbocycles. The average molecular weight is 222 g/mol. The van der Waals surface area contributed by atoms with Crippen LogP contribution in [-0.4, -0.2) is 19.7 Å². The fourth-order valence-electron chi connectivity index (χ4n) is 1.12. The van der Waals surface area contributed by atoms with E-state index in [4.69, 9.17) is 4.74 Å². The molecule has 86 valence electrons. The van der Waals surface area contributed by atoms with Gasteiger partial charge in [0, 0.05) is 6.08 Å². The molecule has 4 heteroatoms. The van der Waals surface area contributed by atoms with Crippen molar-refractivity contribution in [1.29, 1.82) is 0 Å². The van der Waals surface area contributed by atoms with Crippen LogP contribution in [0.2, 0.25) is 0 Å². The van der Waals surface area contributed by atoms with Crippen LogP contribution in [0.25, 0.3) is 6.08 Å². The second-order valence-corrected chi connectivity index (χ2v) is 2.90. The van der Waals surface area contributed by atoms with Crippen molar-refractivity contribution in [3.63, 3.8) is 0 Å². The molecule has 0 N–H and O–H groups in total. The zero-order valence-electron chi connectivity index (χ0n) is 9.30. The molecule has 0 saturated carbocycles. The molecule has 1 aromatic rings. The first-order valence-corrected chi connectivity index (χ1v) is 4.92. The smallest absolute Gasteiger partial charge is 0.365 e. The minimum absolute atomic E-state index is 0.545. The van der Waals surface area contributed by atoms with E-state index >= 15 is 0 Å². The van der Waals surface area contributed by atoms with E-state index < -0.39 is 5.97 Å². The highest BCUT2D eigenvalue weighted by Crippen LogP contribution is 2.12. The Bertz CT molecular complexity index is 354. The third kappa shape index (κ3) is 4.14. The van der Waals surface area contributed by atoms with Crippen molar-refractivity contribution in [3.05, 3.63) is 35.9 Å². The normalized spacial score (nSPS) is 10.4. The van der Waals surface area contributed by atoms with Crippen LogP contribution in [0.3, 0.4) is 0 Å². The van der Waals surface area contributed by atoms with Crippen LogP contribution in [0.4, 0.5) is 0 Å². The first-order valence-electron chi connectivity index (χ1n) is 4.92. The molecule has 0 aromatic heterocycles. The predicted molar refractivity (Wildman–Crippen MR) is 59.7 cm³/mol. The number of carbonyl (C=O) groups is 1. The van der Waals surface area contributed by atoms with E-state index in [2.05, 4.69) is 9.78 Å². The molecular formula is C12H14O4. The number of hydrogen-bond donors (Lipinski definition) is 0. The Morgan fingerprint density at radius 3 is 2.56 bits per heavy atom. The monoisotopic (exact) mass is 222 g/mol. The highest BCUT2D eigenvalue weighted by molar-refractivity contribution is 5.86. The molecule has 4 nitrogen and oxygen atoms in total. The van der Waals surface area contributed by atoms with Crippen molar-refractivity contribution in [1.82, 2.24) is 0 Å². The molecule has 1 rings (SSSR count). The SMILES string of the molecule is CCOc1ccc(C=CC(=O)OOC)cc1. The Hall–Kier alpha value is -1.81. The van der Waals surface area contributed by atoms with Crippen molar-refractivity contribution in [2.75, 3.05) is 13.7 Å². The summed E-state index contributed by atoms with van der Waals surface area (Å²) in [7, 11) is 1.28. The maximum absolute atomic E-state index is 10.9. The van der Waals surface area contributed by atoms with Gasteiger partial charge in [-0.1, -0.05) is 12.1 Å². The molecule has 0 aliphatic heterocycles. The van der Waals surface area contributed by atoms with Gasteiger partial charge in [-0.15, -0.1) is 0 Å². The van der Waals surface area contributed by atoms with Crippen LogP contribution in [-0.2, 0) is 14.6 Å². The summed E-state index contributed by atoms with van der Waals surface area (Å²) in [6.07, 6.45) is 2.93. The molecule has 16 heavy (non-hydrogen) atoms. The van der Waals surface area contributed by atoms with E-state index in [0.29, 0.717) is 6.61 Å². The van der Waals surface area contributed by atoms with Gasteiger partial charge in [-0.2, -0.15) is 4.89 Å². The summed E-state index contributed by atoms with van der Waals surface area (Å²) in [4.78, 5) is 19.4. The highest BCUT2D eigenvalue weighted by atomic mass is 17.2. The van der Waals surface area contributed by atoms with E-state index in [1.807, 2.05) is 31.2 Å². The number of benzene rings is 1. The first kappa shape index (κ1) is 12.3. The van der Waals surface area contributed by atoms with Crippen molar-refractivity contribution in [2.45, 2.75) is 6.92 Å². The van der Waals surface area contributed by atoms with Crippen LogP contribution >= 0.6 is 0 Å². The number of carbonyl (C=O) groups excluding carboxylic acids is 1. The average Bonchev–Trinajstić information content (AvgIpc) is 2.29. The molecule has 0 heterocycles. The van der Waals surface area contributed by atoms with E-state index in [9.17, 15) is 4.79 Å². The van der Waals surface area contributed by atoms with Crippen LogP contribution < -0.4 is 4.74 Å². The summed E-state index contributed by atoms with van der Waals surface area (Å²) in [6.45, 7) is 2.56. The Morgan fingerprint density at radius 1 is 1.31 bits per heavy atom. The van der Waals surface area contributed by atoms with Gasteiger partial charge in [0.1, 0.15) is 5.75 Å². The molecule has 0 spiro atoms. The van der Waals surface area contributed by atoms with Crippen LogP contribution in [0.1, 0.15) is 12.5 Å². The third-order valence-electron chi connectivity index (χ3n) is 1.77. The Labute approximate surface area is 94.4 Å². The molecule has 0 amide bonds. The molecule has 0 fully saturated rings. The summed E-state index contributed by atoms with van der Waals surface area (Å²) in [6, 6.07) is 7.37. The van der Waals surface area contributed by atoms with Gasteiger partial charge in [-0.3, -0.25) is 4.89 Å². The van der Waals surface area contributed by atoms with Gasteiger partial charge in [-0.25, -0.2) is 4.79 Å². The molecule has 0 bridgehead atoms. The fraction of sp³-hybridized carbons (Fsp3) is 0.250. The zero-order valence-corrected chi connectivity index (χ0v) is 9.30. The maximum atomic E-state index is 10.9. The Morgan fingerprint density at radius 2 is 2.00 bits per heavy atom. The van der Waals surface area contributed by atoms with Gasteiger partial charge in [0.2, 0.25) is 0 Å². The van der Waals surface area contributed by atoms with Crippen LogP contribution in [0, 0.1) is 0 Å². The van der Waals surface area contributed by atoms with E-state index in [1.165, 1.54) is 13.2 Å². The first-order chi connectivity index (χ1) is 7.76. The summed E-state index contributed by atoms with van der Waals surface area (Å²) in [5.74, 6) is 0.260. The van der Waals surface area contributed by atoms with E-state index in [1.54, 1.807) is 6.08 Å². The van der Waals surface area contributed by atoms with Gasteiger partial charge in [0.15, 0.2) is 0 Å². The van der Waals surface area contributed by atoms with Gasteiger partial charge in [0.25, 0.3) is 0 Å².